The predicted molar refractivity (Wildman–Crippen MR) is 79.8 cm³/mol. The second kappa shape index (κ2) is 5.10. The molecule has 2 N–H and O–H groups in total. The average molecular weight is 334 g/mol. The molecule has 23 heavy (non-hydrogen) atoms. The van der Waals surface area contributed by atoms with E-state index in [4.69, 9.17) is 9.78 Å². The third-order valence-corrected chi connectivity index (χ3v) is 4.60. The van der Waals surface area contributed by atoms with Crippen molar-refractivity contribution in [2.45, 2.75) is 18.9 Å². The highest BCUT2D eigenvalue weighted by Crippen LogP contribution is 2.32. The first-order chi connectivity index (χ1) is 10.8. The molecule has 0 saturated carbocycles. The number of H-pyrrole nitrogens is 1. The fourth-order valence-corrected chi connectivity index (χ4v) is 3.29. The summed E-state index contributed by atoms with van der Waals surface area (Å²) in [4.78, 5) is 2.79. The first-order valence-electron chi connectivity index (χ1n) is 6.50. The molecule has 118 valence electrons. The minimum Gasteiger partial charge on any atom is -0.358 e. The van der Waals surface area contributed by atoms with Crippen molar-refractivity contribution in [3.63, 3.8) is 0 Å². The van der Waals surface area contributed by atoms with Crippen molar-refractivity contribution >= 4 is 26.6 Å². The molecular formula is C14H11FN4O3S. The van der Waals surface area contributed by atoms with E-state index < -0.39 is 15.8 Å². The third-order valence-electron chi connectivity index (χ3n) is 3.39. The predicted octanol–water partition coefficient (Wildman–Crippen LogP) is 2.58. The number of anilines is 1. The highest BCUT2D eigenvalue weighted by Gasteiger charge is 2.23. The first kappa shape index (κ1) is 15.1. The van der Waals surface area contributed by atoms with E-state index in [1.54, 1.807) is 6.92 Å². The van der Waals surface area contributed by atoms with Crippen LogP contribution >= 0.6 is 0 Å². The Balaban J connectivity index is 2.16. The van der Waals surface area contributed by atoms with Gasteiger partial charge in [0, 0.05) is 23.7 Å². The zero-order chi connectivity index (χ0) is 16.8. The Hall–Kier alpha value is -2.86. The van der Waals surface area contributed by atoms with Crippen molar-refractivity contribution in [1.29, 1.82) is 5.26 Å². The molecule has 0 saturated heterocycles. The van der Waals surface area contributed by atoms with Gasteiger partial charge in [-0.15, -0.1) is 0 Å². The molecule has 2 aromatic heterocycles. The van der Waals surface area contributed by atoms with E-state index in [0.717, 1.165) is 6.07 Å². The normalized spacial score (nSPS) is 11.6. The number of aryl methyl sites for hydroxylation is 2. The van der Waals surface area contributed by atoms with Gasteiger partial charge < -0.3 is 9.51 Å². The number of sulfonamides is 1. The van der Waals surface area contributed by atoms with Gasteiger partial charge in [-0.3, -0.25) is 4.72 Å². The van der Waals surface area contributed by atoms with Gasteiger partial charge in [0.25, 0.3) is 15.1 Å². The molecule has 7 nitrogen and oxygen atoms in total. The largest absolute Gasteiger partial charge is 0.358 e. The Morgan fingerprint density at radius 1 is 1.39 bits per heavy atom. The van der Waals surface area contributed by atoms with Crippen LogP contribution in [0.1, 0.15) is 16.8 Å². The number of nitrogens with one attached hydrogen (secondary N) is 2. The molecule has 0 aliphatic carbocycles. The van der Waals surface area contributed by atoms with Gasteiger partial charge in [-0.1, -0.05) is 5.16 Å². The number of halogens is 1. The Kier molecular flexibility index (Phi) is 3.34. The number of nitriles is 1. The molecule has 9 heteroatoms. The number of rotatable bonds is 3. The molecule has 3 aromatic rings. The lowest BCUT2D eigenvalue weighted by Crippen LogP contribution is -2.13. The Bertz CT molecular complexity index is 1060. The van der Waals surface area contributed by atoms with Crippen LogP contribution in [0.3, 0.4) is 0 Å². The molecule has 0 radical (unpaired) electrons. The molecule has 2 heterocycles. The molecule has 3 rings (SSSR count). The minimum absolute atomic E-state index is 0.0151. The lowest BCUT2D eigenvalue weighted by molar-refractivity contribution is 0.337. The SMILES string of the molecule is Cc1cc(S(=O)(=O)Nc2cc(F)c(C)c3c(C#N)c[nH]c23)on1. The maximum atomic E-state index is 14.1. The van der Waals surface area contributed by atoms with Crippen LogP contribution in [0.5, 0.6) is 0 Å². The minimum atomic E-state index is -4.06. The number of benzene rings is 1. The number of hydrogen-bond donors (Lipinski definition) is 2. The van der Waals surface area contributed by atoms with Gasteiger partial charge in [0.2, 0.25) is 0 Å². The van der Waals surface area contributed by atoms with Crippen LogP contribution in [-0.4, -0.2) is 18.6 Å². The summed E-state index contributed by atoms with van der Waals surface area (Å²) in [7, 11) is -4.06. The van der Waals surface area contributed by atoms with Crippen molar-refractivity contribution in [2.75, 3.05) is 4.72 Å². The van der Waals surface area contributed by atoms with Crippen molar-refractivity contribution in [1.82, 2.24) is 10.1 Å². The van der Waals surface area contributed by atoms with E-state index in [9.17, 15) is 12.8 Å². The van der Waals surface area contributed by atoms with Gasteiger partial charge in [-0.2, -0.15) is 13.7 Å². The zero-order valence-corrected chi connectivity index (χ0v) is 13.0. The second-order valence-corrected chi connectivity index (χ2v) is 6.60. The summed E-state index contributed by atoms with van der Waals surface area (Å²) >= 11 is 0. The van der Waals surface area contributed by atoms with Gasteiger partial charge in [0.05, 0.1) is 22.5 Å². The van der Waals surface area contributed by atoms with Crippen LogP contribution in [0.4, 0.5) is 10.1 Å². The quantitative estimate of drug-likeness (QED) is 0.764. The van der Waals surface area contributed by atoms with Crippen molar-refractivity contribution in [3.8, 4) is 6.07 Å². The molecule has 0 aliphatic rings. The summed E-state index contributed by atoms with van der Waals surface area (Å²) in [5, 5.41) is 12.6. The summed E-state index contributed by atoms with van der Waals surface area (Å²) in [5.41, 5.74) is 1.19. The molecule has 0 unspecified atom stereocenters. The average Bonchev–Trinajstić information content (AvgIpc) is 3.10. The highest BCUT2D eigenvalue weighted by atomic mass is 32.2. The fourth-order valence-electron chi connectivity index (χ4n) is 2.28. The van der Waals surface area contributed by atoms with Crippen LogP contribution in [0.2, 0.25) is 0 Å². The summed E-state index contributed by atoms with van der Waals surface area (Å²) in [6, 6.07) is 4.24. The Morgan fingerprint density at radius 2 is 2.13 bits per heavy atom. The molecule has 0 atom stereocenters. The summed E-state index contributed by atoms with van der Waals surface area (Å²) in [6.45, 7) is 3.10. The van der Waals surface area contributed by atoms with Crippen LogP contribution in [-0.2, 0) is 10.0 Å². The fraction of sp³-hybridized carbons (Fsp3) is 0.143. The van der Waals surface area contributed by atoms with Gasteiger partial charge in [-0.05, 0) is 19.4 Å². The molecule has 1 aromatic carbocycles. The summed E-state index contributed by atoms with van der Waals surface area (Å²) in [6.07, 6.45) is 1.40. The van der Waals surface area contributed by atoms with Gasteiger partial charge in [0.15, 0.2) is 0 Å². The lowest BCUT2D eigenvalue weighted by Gasteiger charge is -2.09. The number of fused-ring (bicyclic) bond motifs is 1. The number of hydrogen-bond acceptors (Lipinski definition) is 5. The van der Waals surface area contributed by atoms with E-state index in [1.165, 1.54) is 19.2 Å². The molecule has 0 bridgehead atoms. The number of aromatic amines is 1. The number of nitrogens with zero attached hydrogens (tertiary/aromatic N) is 2. The third kappa shape index (κ3) is 2.43. The van der Waals surface area contributed by atoms with Crippen molar-refractivity contribution < 1.29 is 17.3 Å². The highest BCUT2D eigenvalue weighted by molar-refractivity contribution is 7.92. The van der Waals surface area contributed by atoms with E-state index >= 15 is 0 Å². The molecule has 0 spiro atoms. The Morgan fingerprint density at radius 3 is 2.74 bits per heavy atom. The second-order valence-electron chi connectivity index (χ2n) is 4.99. The topological polar surface area (TPSA) is 112 Å². The van der Waals surface area contributed by atoms with E-state index in [-0.39, 0.29) is 21.9 Å². The molecule has 0 amide bonds. The summed E-state index contributed by atoms with van der Waals surface area (Å²) < 4.78 is 45.7. The summed E-state index contributed by atoms with van der Waals surface area (Å²) in [5.74, 6) is -0.625. The zero-order valence-electron chi connectivity index (χ0n) is 12.1. The first-order valence-corrected chi connectivity index (χ1v) is 7.98. The van der Waals surface area contributed by atoms with Crippen molar-refractivity contribution in [2.24, 2.45) is 0 Å². The Labute approximate surface area is 130 Å². The monoisotopic (exact) mass is 334 g/mol. The molecular weight excluding hydrogens is 323 g/mol. The van der Waals surface area contributed by atoms with Crippen LogP contribution in [0.25, 0.3) is 10.9 Å². The van der Waals surface area contributed by atoms with Crippen LogP contribution in [0, 0.1) is 31.0 Å². The van der Waals surface area contributed by atoms with Gasteiger partial charge in [-0.25, -0.2) is 4.39 Å². The standard InChI is InChI=1S/C14H11FN4O3S/c1-7-3-12(22-18-7)23(20,21)19-11-4-10(15)8(2)13-9(5-16)6-17-14(11)13/h3-4,6,17,19H,1-2H3. The maximum absolute atomic E-state index is 14.1. The van der Waals surface area contributed by atoms with Crippen molar-refractivity contribution in [3.05, 3.63) is 41.0 Å². The van der Waals surface area contributed by atoms with Gasteiger partial charge in [0.1, 0.15) is 11.9 Å². The van der Waals surface area contributed by atoms with E-state index in [1.807, 2.05) is 6.07 Å². The lowest BCUT2D eigenvalue weighted by atomic mass is 10.1. The van der Waals surface area contributed by atoms with E-state index in [0.29, 0.717) is 16.6 Å². The smallest absolute Gasteiger partial charge is 0.298 e. The van der Waals surface area contributed by atoms with Crippen LogP contribution < -0.4 is 4.72 Å². The number of aromatic nitrogens is 2. The molecule has 0 fully saturated rings. The van der Waals surface area contributed by atoms with Crippen LogP contribution in [0.15, 0.2) is 27.9 Å². The molecule has 0 aliphatic heterocycles. The van der Waals surface area contributed by atoms with E-state index in [2.05, 4.69) is 14.9 Å². The van der Waals surface area contributed by atoms with Gasteiger partial charge >= 0.3 is 0 Å². The maximum Gasteiger partial charge on any atom is 0.298 e.